The molecule has 0 saturated carbocycles. The minimum atomic E-state index is 0.672. The summed E-state index contributed by atoms with van der Waals surface area (Å²) in [6.45, 7) is 2.25. The first-order valence-electron chi connectivity index (χ1n) is 5.76. The summed E-state index contributed by atoms with van der Waals surface area (Å²) < 4.78 is 0. The van der Waals surface area contributed by atoms with Gasteiger partial charge in [-0.1, -0.05) is 0 Å². The second kappa shape index (κ2) is 4.70. The SMILES string of the molecule is CNc1cc(N2CCC(N(C)C)C2)ccn1. The molecule has 1 fully saturated rings. The molecule has 1 aromatic heterocycles. The maximum atomic E-state index is 4.24. The van der Waals surface area contributed by atoms with Gasteiger partial charge in [0, 0.05) is 44.1 Å². The number of aromatic nitrogens is 1. The van der Waals surface area contributed by atoms with E-state index in [0.717, 1.165) is 18.9 Å². The van der Waals surface area contributed by atoms with E-state index in [-0.39, 0.29) is 0 Å². The van der Waals surface area contributed by atoms with Crippen LogP contribution in [0.15, 0.2) is 18.3 Å². The van der Waals surface area contributed by atoms with Gasteiger partial charge in [-0.25, -0.2) is 4.98 Å². The van der Waals surface area contributed by atoms with Crippen molar-refractivity contribution in [3.8, 4) is 0 Å². The number of hydrogen-bond donors (Lipinski definition) is 1. The fourth-order valence-corrected chi connectivity index (χ4v) is 2.15. The molecule has 0 aromatic carbocycles. The van der Waals surface area contributed by atoms with E-state index in [1.807, 2.05) is 13.2 Å². The van der Waals surface area contributed by atoms with Gasteiger partial charge in [-0.3, -0.25) is 0 Å². The van der Waals surface area contributed by atoms with Gasteiger partial charge >= 0.3 is 0 Å². The smallest absolute Gasteiger partial charge is 0.127 e. The van der Waals surface area contributed by atoms with Crippen LogP contribution in [0.1, 0.15) is 6.42 Å². The van der Waals surface area contributed by atoms with Crippen molar-refractivity contribution in [3.05, 3.63) is 18.3 Å². The molecule has 16 heavy (non-hydrogen) atoms. The number of nitrogens with one attached hydrogen (secondary N) is 1. The van der Waals surface area contributed by atoms with E-state index in [1.165, 1.54) is 12.1 Å². The topological polar surface area (TPSA) is 31.4 Å². The lowest BCUT2D eigenvalue weighted by atomic mass is 10.2. The largest absolute Gasteiger partial charge is 0.373 e. The van der Waals surface area contributed by atoms with Crippen LogP contribution in [-0.4, -0.2) is 50.2 Å². The zero-order chi connectivity index (χ0) is 11.5. The third-order valence-corrected chi connectivity index (χ3v) is 3.26. The molecule has 1 N–H and O–H groups in total. The number of nitrogens with zero attached hydrogens (tertiary/aromatic N) is 3. The average Bonchev–Trinajstić information content (AvgIpc) is 2.78. The van der Waals surface area contributed by atoms with E-state index in [0.29, 0.717) is 6.04 Å². The molecule has 4 heteroatoms. The summed E-state index contributed by atoms with van der Waals surface area (Å²) in [5.74, 6) is 0.936. The van der Waals surface area contributed by atoms with Crippen LogP contribution in [0.5, 0.6) is 0 Å². The van der Waals surface area contributed by atoms with Crippen LogP contribution in [0.3, 0.4) is 0 Å². The zero-order valence-corrected chi connectivity index (χ0v) is 10.3. The van der Waals surface area contributed by atoms with Crippen LogP contribution in [0.4, 0.5) is 11.5 Å². The number of anilines is 2. The molecular formula is C12H20N4. The van der Waals surface area contributed by atoms with Gasteiger partial charge in [0.1, 0.15) is 5.82 Å². The van der Waals surface area contributed by atoms with E-state index in [9.17, 15) is 0 Å². The second-order valence-electron chi connectivity index (χ2n) is 4.50. The maximum absolute atomic E-state index is 4.24. The summed E-state index contributed by atoms with van der Waals surface area (Å²) in [6.07, 6.45) is 3.11. The molecule has 1 unspecified atom stereocenters. The summed E-state index contributed by atoms with van der Waals surface area (Å²) in [6, 6.07) is 4.86. The highest BCUT2D eigenvalue weighted by atomic mass is 15.2. The molecule has 0 bridgehead atoms. The average molecular weight is 220 g/mol. The first-order chi connectivity index (χ1) is 7.70. The predicted molar refractivity (Wildman–Crippen MR) is 68.1 cm³/mol. The Morgan fingerprint density at radius 2 is 2.31 bits per heavy atom. The van der Waals surface area contributed by atoms with Crippen LogP contribution < -0.4 is 10.2 Å². The number of hydrogen-bond acceptors (Lipinski definition) is 4. The summed E-state index contributed by atoms with van der Waals surface area (Å²) in [4.78, 5) is 8.96. The van der Waals surface area contributed by atoms with Crippen molar-refractivity contribution in [3.63, 3.8) is 0 Å². The Labute approximate surface area is 97.3 Å². The summed E-state index contributed by atoms with van der Waals surface area (Å²) >= 11 is 0. The van der Waals surface area contributed by atoms with Crippen molar-refractivity contribution in [1.82, 2.24) is 9.88 Å². The van der Waals surface area contributed by atoms with Crippen molar-refractivity contribution in [2.45, 2.75) is 12.5 Å². The van der Waals surface area contributed by atoms with Crippen LogP contribution in [-0.2, 0) is 0 Å². The van der Waals surface area contributed by atoms with Gasteiger partial charge in [0.15, 0.2) is 0 Å². The van der Waals surface area contributed by atoms with Gasteiger partial charge in [0.2, 0.25) is 0 Å². The Bertz CT molecular complexity index is 351. The van der Waals surface area contributed by atoms with Crippen molar-refractivity contribution >= 4 is 11.5 Å². The van der Waals surface area contributed by atoms with Gasteiger partial charge in [0.25, 0.3) is 0 Å². The monoisotopic (exact) mass is 220 g/mol. The maximum Gasteiger partial charge on any atom is 0.127 e. The molecule has 1 aliphatic heterocycles. The highest BCUT2D eigenvalue weighted by Gasteiger charge is 2.24. The standard InChI is InChI=1S/C12H20N4/c1-13-12-8-10(4-6-14-12)16-7-5-11(9-16)15(2)3/h4,6,8,11H,5,7,9H2,1-3H3,(H,13,14). The molecular weight excluding hydrogens is 200 g/mol. The van der Waals surface area contributed by atoms with E-state index in [1.54, 1.807) is 0 Å². The predicted octanol–water partition coefficient (Wildman–Crippen LogP) is 1.26. The van der Waals surface area contributed by atoms with Gasteiger partial charge in [0.05, 0.1) is 0 Å². The van der Waals surface area contributed by atoms with Gasteiger partial charge in [-0.15, -0.1) is 0 Å². The molecule has 0 radical (unpaired) electrons. The molecule has 1 saturated heterocycles. The van der Waals surface area contributed by atoms with Crippen molar-refractivity contribution < 1.29 is 0 Å². The molecule has 0 aliphatic carbocycles. The summed E-state index contributed by atoms with van der Waals surface area (Å²) in [5, 5.41) is 3.08. The van der Waals surface area contributed by atoms with Crippen molar-refractivity contribution in [2.75, 3.05) is 44.4 Å². The van der Waals surface area contributed by atoms with E-state index in [2.05, 4.69) is 46.3 Å². The lowest BCUT2D eigenvalue weighted by Crippen LogP contribution is -2.31. The third-order valence-electron chi connectivity index (χ3n) is 3.26. The minimum absolute atomic E-state index is 0.672. The fourth-order valence-electron chi connectivity index (χ4n) is 2.15. The van der Waals surface area contributed by atoms with Gasteiger partial charge in [-0.2, -0.15) is 0 Å². The third kappa shape index (κ3) is 2.27. The highest BCUT2D eigenvalue weighted by Crippen LogP contribution is 2.23. The first kappa shape index (κ1) is 11.2. The molecule has 4 nitrogen and oxygen atoms in total. The molecule has 2 rings (SSSR count). The van der Waals surface area contributed by atoms with Gasteiger partial charge < -0.3 is 15.1 Å². The molecule has 88 valence electrons. The summed E-state index contributed by atoms with van der Waals surface area (Å²) in [7, 11) is 6.21. The Kier molecular flexibility index (Phi) is 3.29. The molecule has 0 spiro atoms. The molecule has 1 aliphatic rings. The lowest BCUT2D eigenvalue weighted by Gasteiger charge is -2.22. The first-order valence-corrected chi connectivity index (χ1v) is 5.76. The number of rotatable bonds is 3. The molecule has 1 aromatic rings. The minimum Gasteiger partial charge on any atom is -0.373 e. The Morgan fingerprint density at radius 3 is 2.94 bits per heavy atom. The van der Waals surface area contributed by atoms with Gasteiger partial charge in [-0.05, 0) is 26.6 Å². The van der Waals surface area contributed by atoms with Crippen LogP contribution in [0.2, 0.25) is 0 Å². The molecule has 2 heterocycles. The van der Waals surface area contributed by atoms with Crippen LogP contribution in [0.25, 0.3) is 0 Å². The Morgan fingerprint density at radius 1 is 1.50 bits per heavy atom. The zero-order valence-electron chi connectivity index (χ0n) is 10.3. The Balaban J connectivity index is 2.08. The van der Waals surface area contributed by atoms with Crippen molar-refractivity contribution in [2.24, 2.45) is 0 Å². The van der Waals surface area contributed by atoms with Crippen LogP contribution in [0, 0.1) is 0 Å². The molecule has 0 amide bonds. The van der Waals surface area contributed by atoms with E-state index in [4.69, 9.17) is 0 Å². The fraction of sp³-hybridized carbons (Fsp3) is 0.583. The quantitative estimate of drug-likeness (QED) is 0.831. The lowest BCUT2D eigenvalue weighted by molar-refractivity contribution is 0.315. The second-order valence-corrected chi connectivity index (χ2v) is 4.50. The Hall–Kier alpha value is -1.29. The summed E-state index contributed by atoms with van der Waals surface area (Å²) in [5.41, 5.74) is 1.27. The highest BCUT2D eigenvalue weighted by molar-refractivity contribution is 5.54. The normalized spacial score (nSPS) is 20.5. The van der Waals surface area contributed by atoms with E-state index >= 15 is 0 Å². The number of pyridine rings is 1. The van der Waals surface area contributed by atoms with Crippen LogP contribution >= 0.6 is 0 Å². The number of likely N-dealkylation sites (N-methyl/N-ethyl adjacent to an activating group) is 1. The van der Waals surface area contributed by atoms with E-state index < -0.39 is 0 Å². The van der Waals surface area contributed by atoms with Crippen molar-refractivity contribution in [1.29, 1.82) is 0 Å². The molecule has 1 atom stereocenters.